The Labute approximate surface area is 98.8 Å². The van der Waals surface area contributed by atoms with Gasteiger partial charge < -0.3 is 0 Å². The lowest BCUT2D eigenvalue weighted by atomic mass is 10.3. The van der Waals surface area contributed by atoms with Crippen LogP contribution in [-0.2, 0) is 10.0 Å². The number of alkyl halides is 1. The van der Waals surface area contributed by atoms with E-state index in [0.29, 0.717) is 18.8 Å². The summed E-state index contributed by atoms with van der Waals surface area (Å²) in [5, 5.41) is 0. The Bertz CT molecular complexity index is 254. The summed E-state index contributed by atoms with van der Waals surface area (Å²) < 4.78 is 25.4. The summed E-state index contributed by atoms with van der Waals surface area (Å²) in [5.74, 6) is 0.753. The molecule has 0 saturated heterocycles. The fourth-order valence-electron chi connectivity index (χ4n) is 1.48. The summed E-state index contributed by atoms with van der Waals surface area (Å²) in [6.45, 7) is 6.38. The molecular weight excluding hydrogens is 234 g/mol. The molecule has 15 heavy (non-hydrogen) atoms. The first kappa shape index (κ1) is 15.2. The van der Waals surface area contributed by atoms with Crippen molar-refractivity contribution in [2.75, 3.05) is 18.2 Å². The summed E-state index contributed by atoms with van der Waals surface area (Å²) in [4.78, 5) is 0. The molecule has 0 amide bonds. The number of halogens is 1. The third-order valence-electron chi connectivity index (χ3n) is 2.54. The normalized spacial score (nSPS) is 14.5. The summed E-state index contributed by atoms with van der Waals surface area (Å²) >= 11 is 5.53. The maximum Gasteiger partial charge on any atom is 0.214 e. The minimum Gasteiger partial charge on any atom is -0.212 e. The van der Waals surface area contributed by atoms with Gasteiger partial charge in [-0.15, -0.1) is 11.6 Å². The van der Waals surface area contributed by atoms with Gasteiger partial charge in [0.1, 0.15) is 0 Å². The van der Waals surface area contributed by atoms with Gasteiger partial charge in [0, 0.05) is 18.5 Å². The van der Waals surface area contributed by atoms with Gasteiger partial charge in [-0.3, -0.25) is 0 Å². The van der Waals surface area contributed by atoms with Crippen LogP contribution in [0.3, 0.4) is 0 Å². The second kappa shape index (κ2) is 7.47. The van der Waals surface area contributed by atoms with Gasteiger partial charge in [0.05, 0.1) is 5.75 Å². The van der Waals surface area contributed by atoms with Crippen molar-refractivity contribution in [1.82, 2.24) is 4.31 Å². The zero-order chi connectivity index (χ0) is 11.9. The number of rotatable bonds is 8. The number of nitrogens with zero attached hydrogens (tertiary/aromatic N) is 1. The lowest BCUT2D eigenvalue weighted by Crippen LogP contribution is -2.39. The first-order chi connectivity index (χ1) is 6.99. The third-order valence-corrected chi connectivity index (χ3v) is 4.94. The Balaban J connectivity index is 4.39. The van der Waals surface area contributed by atoms with Crippen molar-refractivity contribution >= 4 is 21.6 Å². The van der Waals surface area contributed by atoms with E-state index in [2.05, 4.69) is 0 Å². The van der Waals surface area contributed by atoms with Crippen molar-refractivity contribution in [2.45, 2.75) is 46.1 Å². The predicted octanol–water partition coefficient (Wildman–Crippen LogP) is 2.46. The van der Waals surface area contributed by atoms with Crippen molar-refractivity contribution in [3.8, 4) is 0 Å². The van der Waals surface area contributed by atoms with Crippen LogP contribution in [0.4, 0.5) is 0 Å². The maximum atomic E-state index is 11.9. The van der Waals surface area contributed by atoms with Crippen molar-refractivity contribution < 1.29 is 8.42 Å². The third kappa shape index (κ3) is 5.18. The lowest BCUT2D eigenvalue weighted by molar-refractivity contribution is 0.342. The van der Waals surface area contributed by atoms with E-state index in [0.717, 1.165) is 12.8 Å². The molecule has 5 heteroatoms. The Morgan fingerprint density at radius 3 is 2.27 bits per heavy atom. The van der Waals surface area contributed by atoms with E-state index in [1.54, 1.807) is 4.31 Å². The van der Waals surface area contributed by atoms with Crippen molar-refractivity contribution in [2.24, 2.45) is 0 Å². The molecule has 0 saturated carbocycles. The minimum atomic E-state index is -3.08. The molecule has 0 spiro atoms. The van der Waals surface area contributed by atoms with E-state index in [4.69, 9.17) is 11.6 Å². The Kier molecular flexibility index (Phi) is 7.57. The van der Waals surface area contributed by atoms with Crippen LogP contribution in [0, 0.1) is 0 Å². The molecule has 0 radical (unpaired) electrons. The first-order valence-electron chi connectivity index (χ1n) is 5.55. The molecule has 0 rings (SSSR count). The molecule has 0 aromatic rings. The lowest BCUT2D eigenvalue weighted by Gasteiger charge is -2.26. The standard InChI is InChI=1S/C10H22ClNO2S/c1-4-10(3)12(5-2)15(13,14)9-7-6-8-11/h10H,4-9H2,1-3H3. The zero-order valence-electron chi connectivity index (χ0n) is 9.87. The fraction of sp³-hybridized carbons (Fsp3) is 1.00. The molecule has 3 nitrogen and oxygen atoms in total. The molecule has 0 aliphatic carbocycles. The van der Waals surface area contributed by atoms with Crippen LogP contribution in [0.15, 0.2) is 0 Å². The van der Waals surface area contributed by atoms with Crippen LogP contribution in [0.1, 0.15) is 40.0 Å². The molecule has 92 valence electrons. The molecule has 1 atom stereocenters. The molecule has 0 aromatic carbocycles. The van der Waals surface area contributed by atoms with E-state index in [1.807, 2.05) is 20.8 Å². The Morgan fingerprint density at radius 1 is 1.27 bits per heavy atom. The van der Waals surface area contributed by atoms with Gasteiger partial charge in [0.25, 0.3) is 0 Å². The number of sulfonamides is 1. The van der Waals surface area contributed by atoms with Gasteiger partial charge in [-0.05, 0) is 26.2 Å². The van der Waals surface area contributed by atoms with Crippen molar-refractivity contribution in [3.05, 3.63) is 0 Å². The number of hydrogen-bond acceptors (Lipinski definition) is 2. The molecule has 0 aliphatic heterocycles. The summed E-state index contributed by atoms with van der Waals surface area (Å²) in [6, 6.07) is 0.0935. The molecular formula is C10H22ClNO2S. The smallest absolute Gasteiger partial charge is 0.212 e. The summed E-state index contributed by atoms with van der Waals surface area (Å²) in [5.41, 5.74) is 0. The molecule has 0 heterocycles. The summed E-state index contributed by atoms with van der Waals surface area (Å²) in [7, 11) is -3.08. The van der Waals surface area contributed by atoms with Crippen LogP contribution in [0.5, 0.6) is 0 Å². The minimum absolute atomic E-state index is 0.0935. The highest BCUT2D eigenvalue weighted by molar-refractivity contribution is 7.89. The second-order valence-electron chi connectivity index (χ2n) is 3.67. The van der Waals surface area contributed by atoms with E-state index in [9.17, 15) is 8.42 Å². The van der Waals surface area contributed by atoms with Gasteiger partial charge >= 0.3 is 0 Å². The van der Waals surface area contributed by atoms with Crippen molar-refractivity contribution in [3.63, 3.8) is 0 Å². The molecule has 0 bridgehead atoms. The molecule has 0 fully saturated rings. The van der Waals surface area contributed by atoms with Crippen LogP contribution >= 0.6 is 11.6 Å². The topological polar surface area (TPSA) is 37.4 Å². The van der Waals surface area contributed by atoms with E-state index in [1.165, 1.54) is 0 Å². The highest BCUT2D eigenvalue weighted by atomic mass is 35.5. The average molecular weight is 256 g/mol. The van der Waals surface area contributed by atoms with Crippen LogP contribution < -0.4 is 0 Å². The van der Waals surface area contributed by atoms with Gasteiger partial charge in [-0.1, -0.05) is 13.8 Å². The summed E-state index contributed by atoms with van der Waals surface area (Å²) in [6.07, 6.45) is 2.26. The molecule has 0 N–H and O–H groups in total. The number of unbranched alkanes of at least 4 members (excludes halogenated alkanes) is 1. The van der Waals surface area contributed by atoms with Crippen LogP contribution in [0.25, 0.3) is 0 Å². The van der Waals surface area contributed by atoms with Crippen LogP contribution in [-0.4, -0.2) is 36.9 Å². The number of hydrogen-bond donors (Lipinski definition) is 0. The second-order valence-corrected chi connectivity index (χ2v) is 6.09. The van der Waals surface area contributed by atoms with Gasteiger partial charge in [0.2, 0.25) is 10.0 Å². The monoisotopic (exact) mass is 255 g/mol. The quantitative estimate of drug-likeness (QED) is 0.494. The largest absolute Gasteiger partial charge is 0.214 e. The molecule has 1 unspecified atom stereocenters. The fourth-order valence-corrected chi connectivity index (χ4v) is 3.57. The molecule has 0 aromatic heterocycles. The van der Waals surface area contributed by atoms with E-state index < -0.39 is 10.0 Å². The first-order valence-corrected chi connectivity index (χ1v) is 7.69. The van der Waals surface area contributed by atoms with Crippen molar-refractivity contribution in [1.29, 1.82) is 0 Å². The van der Waals surface area contributed by atoms with Crippen LogP contribution in [0.2, 0.25) is 0 Å². The van der Waals surface area contributed by atoms with Gasteiger partial charge in [-0.25, -0.2) is 8.42 Å². The highest BCUT2D eigenvalue weighted by Gasteiger charge is 2.23. The Hall–Kier alpha value is 0.200. The average Bonchev–Trinajstić information content (AvgIpc) is 2.18. The predicted molar refractivity (Wildman–Crippen MR) is 65.9 cm³/mol. The Morgan fingerprint density at radius 2 is 1.87 bits per heavy atom. The SMILES string of the molecule is CCC(C)N(CC)S(=O)(=O)CCCCCl. The molecule has 0 aliphatic rings. The van der Waals surface area contributed by atoms with E-state index >= 15 is 0 Å². The van der Waals surface area contributed by atoms with Gasteiger partial charge in [-0.2, -0.15) is 4.31 Å². The van der Waals surface area contributed by atoms with Gasteiger partial charge in [0.15, 0.2) is 0 Å². The zero-order valence-corrected chi connectivity index (χ0v) is 11.4. The van der Waals surface area contributed by atoms with E-state index in [-0.39, 0.29) is 11.8 Å². The maximum absolute atomic E-state index is 11.9. The highest BCUT2D eigenvalue weighted by Crippen LogP contribution is 2.12.